The van der Waals surface area contributed by atoms with Crippen molar-refractivity contribution < 1.29 is 9.53 Å². The summed E-state index contributed by atoms with van der Waals surface area (Å²) in [7, 11) is 1.98. The number of aryl methyl sites for hydroxylation is 1. The van der Waals surface area contributed by atoms with Gasteiger partial charge in [0.05, 0.1) is 11.4 Å². The van der Waals surface area contributed by atoms with Crippen LogP contribution in [0.2, 0.25) is 0 Å². The monoisotopic (exact) mass is 405 g/mol. The van der Waals surface area contributed by atoms with Gasteiger partial charge in [-0.05, 0) is 43.2 Å². The second-order valence-corrected chi connectivity index (χ2v) is 7.61. The third kappa shape index (κ3) is 5.24. The fraction of sp³-hybridized carbons (Fsp3) is 0.348. The summed E-state index contributed by atoms with van der Waals surface area (Å²) in [6, 6.07) is 15.7. The number of carbonyl (C=O) groups is 1. The third-order valence-electron chi connectivity index (χ3n) is 5.39. The number of pyridine rings is 1. The van der Waals surface area contributed by atoms with Gasteiger partial charge in [-0.3, -0.25) is 19.4 Å². The Morgan fingerprint density at radius 2 is 1.97 bits per heavy atom. The van der Waals surface area contributed by atoms with Crippen molar-refractivity contribution in [1.82, 2.24) is 25.0 Å². The molecule has 0 unspecified atom stereocenters. The zero-order chi connectivity index (χ0) is 20.8. The highest BCUT2D eigenvalue weighted by atomic mass is 16.5. The number of rotatable bonds is 7. The fourth-order valence-electron chi connectivity index (χ4n) is 3.71. The second-order valence-electron chi connectivity index (χ2n) is 7.61. The highest BCUT2D eigenvalue weighted by Crippen LogP contribution is 2.20. The maximum Gasteiger partial charge on any atom is 0.258 e. The molecule has 7 heteroatoms. The SMILES string of the molecule is Cn1nc(-c2cccnc2)cc1CN1CCC(NC(=O)COc2ccccc2)CC1. The lowest BCUT2D eigenvalue weighted by atomic mass is 10.0. The molecule has 7 nitrogen and oxygen atoms in total. The number of para-hydroxylation sites is 1. The number of nitrogens with zero attached hydrogens (tertiary/aromatic N) is 4. The number of hydrogen-bond donors (Lipinski definition) is 1. The minimum atomic E-state index is -0.0648. The molecule has 3 aromatic rings. The number of nitrogens with one attached hydrogen (secondary N) is 1. The van der Waals surface area contributed by atoms with Crippen molar-refractivity contribution in [3.05, 3.63) is 66.6 Å². The quantitative estimate of drug-likeness (QED) is 0.654. The van der Waals surface area contributed by atoms with E-state index in [0.717, 1.165) is 43.7 Å². The molecule has 3 heterocycles. The molecular formula is C23H27N5O2. The van der Waals surface area contributed by atoms with Crippen LogP contribution < -0.4 is 10.1 Å². The van der Waals surface area contributed by atoms with Gasteiger partial charge in [0.2, 0.25) is 0 Å². The highest BCUT2D eigenvalue weighted by molar-refractivity contribution is 5.77. The van der Waals surface area contributed by atoms with Gasteiger partial charge >= 0.3 is 0 Å². The Morgan fingerprint density at radius 3 is 2.70 bits per heavy atom. The van der Waals surface area contributed by atoms with E-state index in [4.69, 9.17) is 4.74 Å². The van der Waals surface area contributed by atoms with E-state index in [1.165, 1.54) is 5.69 Å². The summed E-state index contributed by atoms with van der Waals surface area (Å²) >= 11 is 0. The number of ether oxygens (including phenoxy) is 1. The lowest BCUT2D eigenvalue weighted by Gasteiger charge is -2.32. The predicted octanol–water partition coefficient (Wildman–Crippen LogP) is 2.64. The Kier molecular flexibility index (Phi) is 6.39. The molecule has 1 saturated heterocycles. The molecule has 4 rings (SSSR count). The molecule has 0 atom stereocenters. The van der Waals surface area contributed by atoms with Gasteiger partial charge in [-0.2, -0.15) is 5.10 Å². The van der Waals surface area contributed by atoms with Gasteiger partial charge in [-0.1, -0.05) is 18.2 Å². The standard InChI is InChI=1S/C23H27N5O2/c1-27-20(14-22(26-27)18-6-5-11-24-15-18)16-28-12-9-19(10-13-28)25-23(29)17-30-21-7-3-2-4-8-21/h2-8,11,14-15,19H,9-10,12-13,16-17H2,1H3,(H,25,29). The molecule has 1 N–H and O–H groups in total. The Morgan fingerprint density at radius 1 is 1.17 bits per heavy atom. The Balaban J connectivity index is 1.23. The smallest absolute Gasteiger partial charge is 0.258 e. The van der Waals surface area contributed by atoms with Gasteiger partial charge in [0.15, 0.2) is 6.61 Å². The van der Waals surface area contributed by atoms with Crippen molar-refractivity contribution >= 4 is 5.91 Å². The number of amides is 1. The van der Waals surface area contributed by atoms with Gasteiger partial charge in [-0.15, -0.1) is 0 Å². The number of likely N-dealkylation sites (tertiary alicyclic amines) is 1. The summed E-state index contributed by atoms with van der Waals surface area (Å²) in [5.74, 6) is 0.648. The van der Waals surface area contributed by atoms with Crippen molar-refractivity contribution in [1.29, 1.82) is 0 Å². The van der Waals surface area contributed by atoms with E-state index in [1.807, 2.05) is 60.4 Å². The van der Waals surface area contributed by atoms with E-state index in [0.29, 0.717) is 5.75 Å². The molecule has 0 aliphatic carbocycles. The molecule has 1 aliphatic heterocycles. The Labute approximate surface area is 176 Å². The number of benzene rings is 1. The van der Waals surface area contributed by atoms with E-state index in [2.05, 4.69) is 26.4 Å². The summed E-state index contributed by atoms with van der Waals surface area (Å²) in [5.41, 5.74) is 3.15. The van der Waals surface area contributed by atoms with Crippen molar-refractivity contribution in [2.75, 3.05) is 19.7 Å². The van der Waals surface area contributed by atoms with Gasteiger partial charge in [-0.25, -0.2) is 0 Å². The second kappa shape index (κ2) is 9.54. The molecule has 30 heavy (non-hydrogen) atoms. The van der Waals surface area contributed by atoms with Gasteiger partial charge in [0.1, 0.15) is 5.75 Å². The summed E-state index contributed by atoms with van der Waals surface area (Å²) in [6.07, 6.45) is 5.47. The van der Waals surface area contributed by atoms with Crippen LogP contribution in [0.1, 0.15) is 18.5 Å². The number of aromatic nitrogens is 3. The van der Waals surface area contributed by atoms with Gasteiger partial charge in [0, 0.05) is 50.7 Å². The van der Waals surface area contributed by atoms with Crippen LogP contribution in [0.3, 0.4) is 0 Å². The maximum absolute atomic E-state index is 12.2. The van der Waals surface area contributed by atoms with Gasteiger partial charge < -0.3 is 10.1 Å². The number of piperidine rings is 1. The summed E-state index contributed by atoms with van der Waals surface area (Å²) < 4.78 is 7.47. The van der Waals surface area contributed by atoms with Crippen molar-refractivity contribution in [3.63, 3.8) is 0 Å². The van der Waals surface area contributed by atoms with Gasteiger partial charge in [0.25, 0.3) is 5.91 Å². The molecule has 0 bridgehead atoms. The van der Waals surface area contributed by atoms with Crippen LogP contribution in [0.25, 0.3) is 11.3 Å². The zero-order valence-electron chi connectivity index (χ0n) is 17.2. The lowest BCUT2D eigenvalue weighted by molar-refractivity contribution is -0.124. The molecular weight excluding hydrogens is 378 g/mol. The maximum atomic E-state index is 12.2. The van der Waals surface area contributed by atoms with E-state index < -0.39 is 0 Å². The molecule has 1 amide bonds. The first-order valence-corrected chi connectivity index (χ1v) is 10.3. The minimum Gasteiger partial charge on any atom is -0.484 e. The average Bonchev–Trinajstić information content (AvgIpc) is 3.15. The van der Waals surface area contributed by atoms with E-state index >= 15 is 0 Å². The summed E-state index contributed by atoms with van der Waals surface area (Å²) in [4.78, 5) is 18.8. The first-order chi connectivity index (χ1) is 14.7. The van der Waals surface area contributed by atoms with E-state index in [9.17, 15) is 4.79 Å². The number of hydrogen-bond acceptors (Lipinski definition) is 5. The zero-order valence-corrected chi connectivity index (χ0v) is 17.2. The van der Waals surface area contributed by atoms with Crippen molar-refractivity contribution in [3.8, 4) is 17.0 Å². The van der Waals surface area contributed by atoms with Crippen LogP contribution in [-0.2, 0) is 18.4 Å². The number of carbonyl (C=O) groups excluding carboxylic acids is 1. The molecule has 1 aliphatic rings. The van der Waals surface area contributed by atoms with Crippen LogP contribution in [0.15, 0.2) is 60.9 Å². The highest BCUT2D eigenvalue weighted by Gasteiger charge is 2.22. The van der Waals surface area contributed by atoms with E-state index in [1.54, 1.807) is 6.20 Å². The minimum absolute atomic E-state index is 0.0520. The average molecular weight is 406 g/mol. The molecule has 156 valence electrons. The molecule has 1 fully saturated rings. The van der Waals surface area contributed by atoms with Crippen molar-refractivity contribution in [2.45, 2.75) is 25.4 Å². The fourth-order valence-corrected chi connectivity index (χ4v) is 3.71. The molecule has 0 radical (unpaired) electrons. The third-order valence-corrected chi connectivity index (χ3v) is 5.39. The normalized spacial score (nSPS) is 15.1. The molecule has 0 spiro atoms. The lowest BCUT2D eigenvalue weighted by Crippen LogP contribution is -2.45. The Bertz CT molecular complexity index is 950. The van der Waals surface area contributed by atoms with Crippen LogP contribution in [0.5, 0.6) is 5.75 Å². The largest absolute Gasteiger partial charge is 0.484 e. The summed E-state index contributed by atoms with van der Waals surface area (Å²) in [6.45, 7) is 2.79. The predicted molar refractivity (Wildman–Crippen MR) is 115 cm³/mol. The van der Waals surface area contributed by atoms with E-state index in [-0.39, 0.29) is 18.6 Å². The first kappa shape index (κ1) is 20.1. The molecule has 0 saturated carbocycles. The van der Waals surface area contributed by atoms with Crippen molar-refractivity contribution in [2.24, 2.45) is 7.05 Å². The molecule has 2 aromatic heterocycles. The topological polar surface area (TPSA) is 72.3 Å². The van der Waals surface area contributed by atoms with Crippen LogP contribution in [-0.4, -0.2) is 51.3 Å². The van der Waals surface area contributed by atoms with Crippen LogP contribution in [0, 0.1) is 0 Å². The van der Waals surface area contributed by atoms with Crippen LogP contribution >= 0.6 is 0 Å². The Hall–Kier alpha value is -3.19. The molecule has 1 aromatic carbocycles. The van der Waals surface area contributed by atoms with Crippen LogP contribution in [0.4, 0.5) is 0 Å². The first-order valence-electron chi connectivity index (χ1n) is 10.3. The summed E-state index contributed by atoms with van der Waals surface area (Å²) in [5, 5.41) is 7.72.